The van der Waals surface area contributed by atoms with Gasteiger partial charge in [0.25, 0.3) is 0 Å². The van der Waals surface area contributed by atoms with E-state index < -0.39 is 113 Å². The zero-order valence-corrected chi connectivity index (χ0v) is 77.1. The van der Waals surface area contributed by atoms with Gasteiger partial charge in [0, 0.05) is 50.2 Å². The summed E-state index contributed by atoms with van der Waals surface area (Å²) in [5.74, 6) is -1.50. The summed E-state index contributed by atoms with van der Waals surface area (Å²) in [6.07, 6.45) is 0.960. The van der Waals surface area contributed by atoms with Crippen molar-refractivity contribution in [2.75, 3.05) is 38.1 Å². The first-order valence-electron chi connectivity index (χ1n) is 36.8. The van der Waals surface area contributed by atoms with Crippen molar-refractivity contribution in [3.63, 3.8) is 0 Å². The van der Waals surface area contributed by atoms with Gasteiger partial charge >= 0.3 is 0 Å². The summed E-state index contributed by atoms with van der Waals surface area (Å²) >= 11 is 7.13. The molecule has 25 nitrogen and oxygen atoms in total. The van der Waals surface area contributed by atoms with Crippen LogP contribution in [0.25, 0.3) is 0 Å². The average Bonchev–Trinajstić information content (AvgIpc) is 0.957. The van der Waals surface area contributed by atoms with Crippen LogP contribution in [-0.2, 0) is 106 Å². The highest BCUT2D eigenvalue weighted by molar-refractivity contribution is 7.95. The molecule has 5 amide bonds. The summed E-state index contributed by atoms with van der Waals surface area (Å²) < 4.78 is 126. The van der Waals surface area contributed by atoms with Crippen LogP contribution in [0.4, 0.5) is 28.1 Å². The van der Waals surface area contributed by atoms with Crippen molar-refractivity contribution >= 4 is 130 Å². The van der Waals surface area contributed by atoms with E-state index >= 15 is 0 Å². The summed E-state index contributed by atoms with van der Waals surface area (Å²) in [5.41, 5.74) is 4.26. The molecule has 6 rings (SSSR count). The Balaban J connectivity index is 0.000000476. The Kier molecular flexibility index (Phi) is 34.1. The number of thiazole rings is 1. The van der Waals surface area contributed by atoms with Gasteiger partial charge in [0.2, 0.25) is 29.5 Å². The van der Waals surface area contributed by atoms with Crippen molar-refractivity contribution in [3.05, 3.63) is 129 Å². The lowest BCUT2D eigenvalue weighted by atomic mass is 9.87. The second kappa shape index (κ2) is 37.8. The topological polar surface area (TPSA) is 381 Å². The predicted molar refractivity (Wildman–Crippen MR) is 455 cm³/mol. The van der Waals surface area contributed by atoms with Crippen molar-refractivity contribution in [1.29, 1.82) is 0 Å². The molecular formula is C80H125ClN8O17S6. The summed E-state index contributed by atoms with van der Waals surface area (Å²) in [6, 6.07) is 24.7. The van der Waals surface area contributed by atoms with Gasteiger partial charge in [-0.25, -0.2) is 47.1 Å². The first-order valence-corrected chi connectivity index (χ1v) is 46.1. The van der Waals surface area contributed by atoms with Crippen LogP contribution in [0, 0.1) is 0 Å². The molecule has 112 heavy (non-hydrogen) atoms. The normalized spacial score (nSPS) is 13.2. The minimum atomic E-state index is -3.78. The number of nitrogens with zero attached hydrogens (tertiary/aromatic N) is 3. The molecule has 6 aromatic rings. The zero-order valence-electron chi connectivity index (χ0n) is 71.5. The monoisotopic (exact) mass is 1700 g/mol. The molecule has 0 aliphatic carbocycles. The first-order chi connectivity index (χ1) is 50.3. The van der Waals surface area contributed by atoms with Crippen LogP contribution >= 0.6 is 22.9 Å². The number of hydrogen-bond donors (Lipinski definition) is 5. The molecule has 630 valence electrons. The lowest BCUT2D eigenvalue weighted by molar-refractivity contribution is -0.118. The molecule has 3 heterocycles. The Morgan fingerprint density at radius 3 is 1.10 bits per heavy atom. The maximum Gasteiger partial charge on any atom is 0.247 e. The van der Waals surface area contributed by atoms with E-state index in [1.54, 1.807) is 96.1 Å². The van der Waals surface area contributed by atoms with E-state index in [4.69, 9.17) is 20.6 Å². The molecule has 0 spiro atoms. The van der Waals surface area contributed by atoms with Gasteiger partial charge in [0.15, 0.2) is 66.0 Å². The summed E-state index contributed by atoms with van der Waals surface area (Å²) in [4.78, 5) is 66.3. The van der Waals surface area contributed by atoms with Gasteiger partial charge in [-0.05, 0) is 174 Å². The third-order valence-electron chi connectivity index (χ3n) is 18.4. The summed E-state index contributed by atoms with van der Waals surface area (Å²) in [6.45, 7) is 54.5. The van der Waals surface area contributed by atoms with E-state index in [9.17, 15) is 66.1 Å². The lowest BCUT2D eigenvalue weighted by Crippen LogP contribution is -2.47. The Morgan fingerprint density at radius 2 is 0.768 bits per heavy atom. The Hall–Kier alpha value is -6.90. The van der Waals surface area contributed by atoms with Gasteiger partial charge in [0.05, 0.1) is 33.5 Å². The SMILES string of the molecule is CC(C)(C)c1cc(NC(=O)C(C)(C)S(=O)(=O)Cc2ccc(Cl)cc2)no1.CC(C)S(=O)(=O)C(C)(C)C(=O)Nc1ccc(C(C)(C)C)cc1.CC(C)S(=O)(=O)C(C)(C)C(=O)Nc1cccc(C(C)(C)C)c1.CCCS(=O)(=O)C(C)(C)C(=O)Nc1cc(C(C)(C)C)on1.CCCS(=O)(=O)C(C)(C)C(=O)Nc1nc(C(C)(C)C)cs1. The summed E-state index contributed by atoms with van der Waals surface area (Å²) in [5, 5.41) is 22.3. The van der Waals surface area contributed by atoms with Crippen LogP contribution in [0.3, 0.4) is 0 Å². The molecule has 3 aromatic carbocycles. The average molecular weight is 1700 g/mol. The van der Waals surface area contributed by atoms with Gasteiger partial charge in [-0.2, -0.15) is 0 Å². The van der Waals surface area contributed by atoms with E-state index in [1.807, 2.05) is 98.0 Å². The number of anilines is 5. The molecule has 0 radical (unpaired) electrons. The lowest BCUT2D eigenvalue weighted by Gasteiger charge is -2.26. The highest BCUT2D eigenvalue weighted by atomic mass is 35.5. The van der Waals surface area contributed by atoms with Crippen LogP contribution in [0.15, 0.2) is 99.4 Å². The number of carbonyl (C=O) groups excluding carboxylic acids is 5. The Labute approximate surface area is 677 Å². The third kappa shape index (κ3) is 26.8. The quantitative estimate of drug-likeness (QED) is 0.0398. The molecule has 5 N–H and O–H groups in total. The highest BCUT2D eigenvalue weighted by Crippen LogP contribution is 2.34. The number of sulfone groups is 5. The standard InChI is InChI=1S/C18H23ClN2O4S.2C17H27NO3S.C14H24N2O4S.C14H24N2O3S2/c1-17(2,3)14-10-15(21-25-14)20-16(22)18(4,5)26(23,24)11-12-6-8-13(19)9-7-12;1-12(2)22(20,21)17(6,7)15(19)18-14-10-8-13(9-11-14)16(3,4)5;1-12(2)22(20,21)17(6,7)15(19)18-14-10-8-9-13(11-14)16(3,4)5;1-7-8-21(18,19)14(5,6)12(17)15-11-9-10(20-16-11)13(2,3)4;1-7-8-21(18,19)14(5,6)11(17)16-12-15-10(9-20-12)13(2,3)4/h6-10H,11H2,1-5H3,(H,20,21,22);2*8-12H,1-7H3,(H,18,19);2*9H,7-8H2,1-6H3,(H,15,16,17). The van der Waals surface area contributed by atoms with Crippen LogP contribution in [-0.4, -0.2) is 133 Å². The first kappa shape index (κ1) is 101. The van der Waals surface area contributed by atoms with E-state index in [0.29, 0.717) is 51.5 Å². The van der Waals surface area contributed by atoms with Crippen LogP contribution in [0.1, 0.15) is 261 Å². The summed E-state index contributed by atoms with van der Waals surface area (Å²) in [7, 11) is -17.9. The van der Waals surface area contributed by atoms with Crippen LogP contribution < -0.4 is 26.6 Å². The van der Waals surface area contributed by atoms with Gasteiger partial charge < -0.3 is 35.6 Å². The molecule has 3 aromatic heterocycles. The van der Waals surface area contributed by atoms with Gasteiger partial charge in [-0.3, -0.25) is 24.0 Å². The minimum Gasteiger partial charge on any atom is -0.359 e. The van der Waals surface area contributed by atoms with E-state index in [2.05, 4.69) is 83.4 Å². The number of hydrogen-bond acceptors (Lipinski definition) is 21. The molecule has 0 atom stereocenters. The molecule has 0 unspecified atom stereocenters. The van der Waals surface area contributed by atoms with Crippen molar-refractivity contribution in [1.82, 2.24) is 15.3 Å². The molecule has 32 heteroatoms. The maximum absolute atomic E-state index is 12.8. The number of benzene rings is 3. The third-order valence-corrected chi connectivity index (χ3v) is 33.0. The zero-order chi connectivity index (χ0) is 87.4. The maximum atomic E-state index is 12.8. The number of halogens is 1. The highest BCUT2D eigenvalue weighted by Gasteiger charge is 2.47. The molecule has 0 saturated carbocycles. The smallest absolute Gasteiger partial charge is 0.247 e. The molecule has 0 bridgehead atoms. The molecular weight excluding hydrogens is 1570 g/mol. The van der Waals surface area contributed by atoms with Crippen molar-refractivity contribution < 1.29 is 75.1 Å². The molecule has 0 saturated heterocycles. The fourth-order valence-corrected chi connectivity index (χ4v) is 17.5. The minimum absolute atomic E-state index is 0.00146. The largest absolute Gasteiger partial charge is 0.359 e. The molecule has 0 aliphatic rings. The molecule has 0 aliphatic heterocycles. The van der Waals surface area contributed by atoms with Gasteiger partial charge in [-0.15, -0.1) is 11.3 Å². The van der Waals surface area contributed by atoms with Crippen LogP contribution in [0.5, 0.6) is 0 Å². The van der Waals surface area contributed by atoms with E-state index in [1.165, 1.54) is 80.6 Å². The number of nitrogens with one attached hydrogen (secondary N) is 5. The number of rotatable bonds is 23. The van der Waals surface area contributed by atoms with E-state index in [-0.39, 0.29) is 56.0 Å². The van der Waals surface area contributed by atoms with Crippen molar-refractivity contribution in [3.8, 4) is 0 Å². The second-order valence-electron chi connectivity index (χ2n) is 35.6. The number of amides is 5. The number of carbonyl (C=O) groups is 5. The van der Waals surface area contributed by atoms with Crippen molar-refractivity contribution in [2.24, 2.45) is 0 Å². The van der Waals surface area contributed by atoms with Crippen LogP contribution in [0.2, 0.25) is 5.02 Å². The predicted octanol–water partition coefficient (Wildman–Crippen LogP) is 16.5. The fraction of sp³-hybridized carbons (Fsp3) is 0.600. The van der Waals surface area contributed by atoms with Gasteiger partial charge in [0.1, 0.15) is 35.3 Å². The van der Waals surface area contributed by atoms with E-state index in [0.717, 1.165) is 16.8 Å². The second-order valence-corrected chi connectivity index (χ2v) is 50.9. The van der Waals surface area contributed by atoms with Gasteiger partial charge in [-0.1, -0.05) is 176 Å². The molecule has 0 fully saturated rings. The van der Waals surface area contributed by atoms with Crippen molar-refractivity contribution in [2.45, 2.75) is 295 Å². The Bertz CT molecular complexity index is 4700. The fourth-order valence-electron chi connectivity index (χ4n) is 9.40. The Morgan fingerprint density at radius 1 is 0.411 bits per heavy atom. The number of aromatic nitrogens is 3.